The van der Waals surface area contributed by atoms with E-state index in [4.69, 9.17) is 0 Å². The Hall–Kier alpha value is -2.20. The molecule has 1 heterocycles. The van der Waals surface area contributed by atoms with E-state index in [0.717, 1.165) is 22.5 Å². The number of fused-ring (bicyclic) bond motifs is 1. The Morgan fingerprint density at radius 3 is 2.45 bits per heavy atom. The number of anilines is 1. The lowest BCUT2D eigenvalue weighted by atomic mass is 10.0. The van der Waals surface area contributed by atoms with Crippen LogP contribution in [0, 0.1) is 0 Å². The molecule has 0 saturated carbocycles. The molecule has 0 aromatic heterocycles. The maximum absolute atomic E-state index is 12.7. The fourth-order valence-corrected chi connectivity index (χ4v) is 3.64. The summed E-state index contributed by atoms with van der Waals surface area (Å²) in [6.07, 6.45) is 0. The fraction of sp³-hybridized carbons (Fsp3) is 0.167. The molecule has 0 spiro atoms. The molecule has 22 heavy (non-hydrogen) atoms. The van der Waals surface area contributed by atoms with Gasteiger partial charge in [0.05, 0.1) is 11.3 Å². The summed E-state index contributed by atoms with van der Waals surface area (Å²) < 4.78 is 0. The number of amides is 1. The lowest BCUT2D eigenvalue weighted by molar-refractivity contribution is -0.112. The maximum atomic E-state index is 12.7. The van der Waals surface area contributed by atoms with Gasteiger partial charge in [-0.25, -0.2) is 0 Å². The quantitative estimate of drug-likeness (QED) is 0.938. The highest BCUT2D eigenvalue weighted by Gasteiger charge is 2.25. The summed E-state index contributed by atoms with van der Waals surface area (Å²) >= 11 is 1.71. The van der Waals surface area contributed by atoms with Crippen LogP contribution < -0.4 is 5.32 Å². The zero-order valence-electron chi connectivity index (χ0n) is 12.7. The van der Waals surface area contributed by atoms with Gasteiger partial charge >= 0.3 is 0 Å². The largest absolute Gasteiger partial charge is 0.377 e. The topological polar surface area (TPSA) is 32.3 Å². The monoisotopic (exact) mass is 310 g/mol. The second kappa shape index (κ2) is 6.28. The normalized spacial score (nSPS) is 13.5. The molecule has 3 rings (SSSR count). The number of carbonyl (C=O) groups is 1. The molecule has 0 fully saturated rings. The van der Waals surface area contributed by atoms with Crippen LogP contribution in [0.5, 0.6) is 0 Å². The molecule has 2 aromatic rings. The molecule has 112 valence electrons. The molecule has 0 saturated heterocycles. The van der Waals surface area contributed by atoms with E-state index < -0.39 is 0 Å². The number of carbonyl (C=O) groups excluding carboxylic acids is 1. The van der Waals surface area contributed by atoms with E-state index in [0.29, 0.717) is 5.75 Å². The molecule has 2 aromatic carbocycles. The number of nitrogens with zero attached hydrogens (tertiary/aromatic N) is 1. The van der Waals surface area contributed by atoms with Crippen molar-refractivity contribution in [3.05, 3.63) is 65.7 Å². The molecule has 0 bridgehead atoms. The number of thioether (sulfide) groups is 1. The smallest absolute Gasteiger partial charge is 0.254 e. The van der Waals surface area contributed by atoms with Crippen LogP contribution in [-0.2, 0) is 4.79 Å². The minimum absolute atomic E-state index is 0.0306. The highest BCUT2D eigenvalue weighted by molar-refractivity contribution is 7.99. The molecule has 0 aliphatic carbocycles. The van der Waals surface area contributed by atoms with Crippen LogP contribution >= 0.6 is 11.8 Å². The number of hydrogen-bond acceptors (Lipinski definition) is 3. The predicted octanol–water partition coefficient (Wildman–Crippen LogP) is 3.70. The maximum Gasteiger partial charge on any atom is 0.254 e. The van der Waals surface area contributed by atoms with Crippen LogP contribution in [0.4, 0.5) is 5.69 Å². The van der Waals surface area contributed by atoms with E-state index in [9.17, 15) is 4.79 Å². The van der Waals surface area contributed by atoms with Gasteiger partial charge in [-0.3, -0.25) is 4.79 Å². The summed E-state index contributed by atoms with van der Waals surface area (Å²) in [4.78, 5) is 15.9. The average Bonchev–Trinajstić information content (AvgIpc) is 2.54. The van der Waals surface area contributed by atoms with E-state index >= 15 is 0 Å². The Balaban J connectivity index is 1.98. The first-order valence-electron chi connectivity index (χ1n) is 7.16. The molecule has 1 amide bonds. The predicted molar refractivity (Wildman–Crippen MR) is 92.8 cm³/mol. The molecular weight excluding hydrogens is 292 g/mol. The highest BCUT2D eigenvalue weighted by atomic mass is 32.2. The van der Waals surface area contributed by atoms with E-state index in [1.165, 1.54) is 4.90 Å². The molecule has 3 nitrogen and oxygen atoms in total. The zero-order valence-corrected chi connectivity index (χ0v) is 13.5. The van der Waals surface area contributed by atoms with Gasteiger partial charge in [0.2, 0.25) is 0 Å². The molecule has 1 aliphatic rings. The summed E-state index contributed by atoms with van der Waals surface area (Å²) in [5, 5.41) is 2.99. The van der Waals surface area contributed by atoms with E-state index in [-0.39, 0.29) is 5.91 Å². The van der Waals surface area contributed by atoms with Crippen molar-refractivity contribution in [2.45, 2.75) is 4.90 Å². The van der Waals surface area contributed by atoms with E-state index in [1.807, 2.05) is 61.5 Å². The summed E-state index contributed by atoms with van der Waals surface area (Å²) in [6.45, 7) is 0. The molecule has 0 atom stereocenters. The second-order valence-corrected chi connectivity index (χ2v) is 6.34. The Labute approximate surface area is 135 Å². The lowest BCUT2D eigenvalue weighted by Gasteiger charge is -2.27. The van der Waals surface area contributed by atoms with Crippen molar-refractivity contribution in [2.24, 2.45) is 0 Å². The number of para-hydroxylation sites is 1. The molecular formula is C18H18N2OS. The van der Waals surface area contributed by atoms with Gasteiger partial charge in [-0.1, -0.05) is 36.4 Å². The zero-order chi connectivity index (χ0) is 15.5. The average molecular weight is 310 g/mol. The van der Waals surface area contributed by atoms with Gasteiger partial charge < -0.3 is 10.2 Å². The fourth-order valence-electron chi connectivity index (χ4n) is 2.58. The number of rotatable bonds is 3. The van der Waals surface area contributed by atoms with Crippen molar-refractivity contribution in [3.8, 4) is 0 Å². The Kier molecular flexibility index (Phi) is 4.20. The SMILES string of the molecule is CN(C)C1=C(C(=O)Nc2ccccc2)CSc2ccccc21. The summed E-state index contributed by atoms with van der Waals surface area (Å²) in [5.41, 5.74) is 3.77. The third kappa shape index (κ3) is 2.88. The van der Waals surface area contributed by atoms with Gasteiger partial charge in [-0.2, -0.15) is 0 Å². The van der Waals surface area contributed by atoms with E-state index in [1.54, 1.807) is 11.8 Å². The number of nitrogens with one attached hydrogen (secondary N) is 1. The third-order valence-corrected chi connectivity index (χ3v) is 4.65. The molecule has 1 aliphatic heterocycles. The number of hydrogen-bond donors (Lipinski definition) is 1. The van der Waals surface area contributed by atoms with Gasteiger partial charge in [0, 0.05) is 36.0 Å². The summed E-state index contributed by atoms with van der Waals surface area (Å²) in [6, 6.07) is 17.8. The number of benzene rings is 2. The van der Waals surface area contributed by atoms with Crippen molar-refractivity contribution in [3.63, 3.8) is 0 Å². The van der Waals surface area contributed by atoms with Crippen LogP contribution in [0.25, 0.3) is 5.70 Å². The first-order valence-corrected chi connectivity index (χ1v) is 8.14. The first kappa shape index (κ1) is 14.7. The first-order chi connectivity index (χ1) is 10.7. The van der Waals surface area contributed by atoms with Gasteiger partial charge in [0.1, 0.15) is 0 Å². The van der Waals surface area contributed by atoms with Crippen LogP contribution in [0.15, 0.2) is 65.1 Å². The van der Waals surface area contributed by atoms with Gasteiger partial charge in [0.25, 0.3) is 5.91 Å². The summed E-state index contributed by atoms with van der Waals surface area (Å²) in [7, 11) is 3.97. The van der Waals surface area contributed by atoms with Crippen molar-refractivity contribution in [1.29, 1.82) is 0 Å². The van der Waals surface area contributed by atoms with Crippen molar-refractivity contribution < 1.29 is 4.79 Å². The molecule has 4 heteroatoms. The van der Waals surface area contributed by atoms with Crippen LogP contribution in [0.1, 0.15) is 5.56 Å². The Bertz CT molecular complexity index is 723. The van der Waals surface area contributed by atoms with Crippen molar-refractivity contribution >= 4 is 29.1 Å². The van der Waals surface area contributed by atoms with Crippen LogP contribution in [0.2, 0.25) is 0 Å². The Morgan fingerprint density at radius 2 is 1.73 bits per heavy atom. The van der Waals surface area contributed by atoms with E-state index in [2.05, 4.69) is 17.4 Å². The second-order valence-electron chi connectivity index (χ2n) is 5.33. The van der Waals surface area contributed by atoms with Gasteiger partial charge in [-0.05, 0) is 18.2 Å². The molecule has 0 unspecified atom stereocenters. The van der Waals surface area contributed by atoms with Gasteiger partial charge in [-0.15, -0.1) is 11.8 Å². The standard InChI is InChI=1S/C18H18N2OS/c1-20(2)17-14-10-6-7-11-16(14)22-12-15(17)18(21)19-13-8-4-3-5-9-13/h3-11H,12H2,1-2H3,(H,19,21). The van der Waals surface area contributed by atoms with Crippen LogP contribution in [-0.4, -0.2) is 30.7 Å². The van der Waals surface area contributed by atoms with Crippen LogP contribution in [0.3, 0.4) is 0 Å². The Morgan fingerprint density at radius 1 is 1.05 bits per heavy atom. The van der Waals surface area contributed by atoms with Crippen molar-refractivity contribution in [2.75, 3.05) is 25.2 Å². The molecule has 1 N–H and O–H groups in total. The van der Waals surface area contributed by atoms with Gasteiger partial charge in [0.15, 0.2) is 0 Å². The van der Waals surface area contributed by atoms with Crippen molar-refractivity contribution in [1.82, 2.24) is 4.90 Å². The minimum Gasteiger partial charge on any atom is -0.377 e. The minimum atomic E-state index is -0.0306. The lowest BCUT2D eigenvalue weighted by Crippen LogP contribution is -2.24. The molecule has 0 radical (unpaired) electrons. The third-order valence-electron chi connectivity index (χ3n) is 3.55. The summed E-state index contributed by atoms with van der Waals surface area (Å²) in [5.74, 6) is 0.653. The highest BCUT2D eigenvalue weighted by Crippen LogP contribution is 2.38.